The van der Waals surface area contributed by atoms with E-state index in [-0.39, 0.29) is 17.9 Å². The number of rotatable bonds is 6. The van der Waals surface area contributed by atoms with Gasteiger partial charge in [0.15, 0.2) is 0 Å². The fourth-order valence-corrected chi connectivity index (χ4v) is 4.30. The minimum Gasteiger partial charge on any atom is -0.346 e. The third-order valence-corrected chi connectivity index (χ3v) is 5.96. The molecule has 0 radical (unpaired) electrons. The first kappa shape index (κ1) is 23.0. The smallest absolute Gasteiger partial charge is 0.346 e. The standard InChI is InChI=1S/C24H26F3N5O/c1-15(2)22-21-18(14-32(22)13-16-4-6-19(7-5-16)24(25,26)27)10-17(11-28-21)23(33)29-12-20-8-9-30-31(20)3/h4-11,15,22H,12-14H2,1-3H3,(H,29,33)/t22-/m0/s1. The number of pyridine rings is 1. The Labute approximate surface area is 190 Å². The first-order valence-corrected chi connectivity index (χ1v) is 10.8. The number of halogens is 3. The Morgan fingerprint density at radius 3 is 2.55 bits per heavy atom. The van der Waals surface area contributed by atoms with Crippen LogP contribution in [0.2, 0.25) is 0 Å². The van der Waals surface area contributed by atoms with E-state index in [1.807, 2.05) is 19.2 Å². The molecular formula is C24H26F3N5O. The van der Waals surface area contributed by atoms with E-state index in [1.54, 1.807) is 17.1 Å². The highest BCUT2D eigenvalue weighted by atomic mass is 19.4. The number of hydrogen-bond donors (Lipinski definition) is 1. The molecule has 1 aliphatic heterocycles. The summed E-state index contributed by atoms with van der Waals surface area (Å²) in [4.78, 5) is 19.5. The van der Waals surface area contributed by atoms with Gasteiger partial charge in [-0.25, -0.2) is 0 Å². The van der Waals surface area contributed by atoms with Gasteiger partial charge >= 0.3 is 6.18 Å². The molecule has 0 saturated carbocycles. The van der Waals surface area contributed by atoms with E-state index >= 15 is 0 Å². The number of carbonyl (C=O) groups is 1. The fourth-order valence-electron chi connectivity index (χ4n) is 4.30. The van der Waals surface area contributed by atoms with Crippen LogP contribution in [0.25, 0.3) is 0 Å². The molecule has 0 unspecified atom stereocenters. The van der Waals surface area contributed by atoms with Crippen molar-refractivity contribution >= 4 is 5.91 Å². The highest BCUT2D eigenvalue weighted by molar-refractivity contribution is 5.94. The van der Waals surface area contributed by atoms with Crippen molar-refractivity contribution in [2.24, 2.45) is 13.0 Å². The van der Waals surface area contributed by atoms with Gasteiger partial charge in [0.2, 0.25) is 0 Å². The van der Waals surface area contributed by atoms with Gasteiger partial charge in [0.1, 0.15) is 0 Å². The Balaban J connectivity index is 1.49. The molecule has 6 nitrogen and oxygen atoms in total. The van der Waals surface area contributed by atoms with Crippen molar-refractivity contribution in [2.75, 3.05) is 0 Å². The van der Waals surface area contributed by atoms with Crippen LogP contribution in [-0.2, 0) is 32.9 Å². The van der Waals surface area contributed by atoms with Gasteiger partial charge in [-0.3, -0.25) is 19.4 Å². The molecule has 174 valence electrons. The second-order valence-electron chi connectivity index (χ2n) is 8.69. The van der Waals surface area contributed by atoms with Gasteiger partial charge in [0, 0.05) is 32.5 Å². The van der Waals surface area contributed by atoms with Crippen molar-refractivity contribution in [2.45, 2.75) is 45.7 Å². The summed E-state index contributed by atoms with van der Waals surface area (Å²) in [6.07, 6.45) is -1.08. The number of aryl methyl sites for hydroxylation is 1. The average Bonchev–Trinajstić information content (AvgIpc) is 3.33. The number of hydrogen-bond acceptors (Lipinski definition) is 4. The number of nitrogens with zero attached hydrogens (tertiary/aromatic N) is 4. The predicted octanol–water partition coefficient (Wildman–Crippen LogP) is 4.48. The Kier molecular flexibility index (Phi) is 6.25. The number of benzene rings is 1. The topological polar surface area (TPSA) is 63.1 Å². The third-order valence-electron chi connectivity index (χ3n) is 5.96. The molecule has 0 saturated heterocycles. The molecule has 3 aromatic rings. The van der Waals surface area contributed by atoms with Gasteiger partial charge < -0.3 is 5.32 Å². The summed E-state index contributed by atoms with van der Waals surface area (Å²) in [6, 6.07) is 9.00. The predicted molar refractivity (Wildman–Crippen MR) is 117 cm³/mol. The molecule has 0 fully saturated rings. The number of fused-ring (bicyclic) bond motifs is 1. The van der Waals surface area contributed by atoms with E-state index in [4.69, 9.17) is 0 Å². The van der Waals surface area contributed by atoms with Crippen LogP contribution in [0.15, 0.2) is 48.8 Å². The summed E-state index contributed by atoms with van der Waals surface area (Å²) in [7, 11) is 1.82. The summed E-state index contributed by atoms with van der Waals surface area (Å²) in [5, 5.41) is 6.98. The van der Waals surface area contributed by atoms with E-state index in [2.05, 4.69) is 34.1 Å². The largest absolute Gasteiger partial charge is 0.416 e. The lowest BCUT2D eigenvalue weighted by molar-refractivity contribution is -0.137. The van der Waals surface area contributed by atoms with Crippen LogP contribution in [-0.4, -0.2) is 25.6 Å². The van der Waals surface area contributed by atoms with Crippen LogP contribution in [0.5, 0.6) is 0 Å². The van der Waals surface area contributed by atoms with Crippen LogP contribution < -0.4 is 5.32 Å². The van der Waals surface area contributed by atoms with Crippen LogP contribution in [0.4, 0.5) is 13.2 Å². The van der Waals surface area contributed by atoms with Crippen LogP contribution in [0.1, 0.15) is 58.3 Å². The normalized spacial score (nSPS) is 16.3. The third kappa shape index (κ3) is 4.93. The number of amides is 1. The first-order chi connectivity index (χ1) is 15.6. The van der Waals surface area contributed by atoms with Crippen LogP contribution in [0.3, 0.4) is 0 Å². The highest BCUT2D eigenvalue weighted by Gasteiger charge is 2.35. The summed E-state index contributed by atoms with van der Waals surface area (Å²) in [5.41, 5.74) is 3.40. The van der Waals surface area contributed by atoms with Crippen molar-refractivity contribution in [3.8, 4) is 0 Å². The lowest BCUT2D eigenvalue weighted by Crippen LogP contribution is -2.26. The molecule has 4 rings (SSSR count). The molecule has 3 heterocycles. The lowest BCUT2D eigenvalue weighted by atomic mass is 9.99. The second kappa shape index (κ2) is 8.97. The van der Waals surface area contributed by atoms with Crippen LogP contribution >= 0.6 is 0 Å². The zero-order valence-electron chi connectivity index (χ0n) is 18.7. The Bertz CT molecular complexity index is 1140. The molecule has 1 aromatic carbocycles. The van der Waals surface area contributed by atoms with E-state index in [0.29, 0.717) is 25.2 Å². The monoisotopic (exact) mass is 457 g/mol. The molecule has 33 heavy (non-hydrogen) atoms. The van der Waals surface area contributed by atoms with Gasteiger partial charge in [0.25, 0.3) is 5.91 Å². The van der Waals surface area contributed by atoms with Gasteiger partial charge in [0.05, 0.1) is 35.1 Å². The molecule has 0 spiro atoms. The zero-order chi connectivity index (χ0) is 23.8. The maximum atomic E-state index is 12.9. The van der Waals surface area contributed by atoms with Gasteiger partial charge in [-0.1, -0.05) is 26.0 Å². The summed E-state index contributed by atoms with van der Waals surface area (Å²) < 4.78 is 40.3. The molecule has 1 N–H and O–H groups in total. The van der Waals surface area contributed by atoms with E-state index in [1.165, 1.54) is 12.1 Å². The quantitative estimate of drug-likeness (QED) is 0.593. The molecule has 1 aliphatic rings. The number of nitrogens with one attached hydrogen (secondary N) is 1. The second-order valence-corrected chi connectivity index (χ2v) is 8.69. The molecule has 1 atom stereocenters. The van der Waals surface area contributed by atoms with Crippen molar-refractivity contribution < 1.29 is 18.0 Å². The van der Waals surface area contributed by atoms with Crippen molar-refractivity contribution in [3.05, 3.63) is 82.4 Å². The molecule has 2 aromatic heterocycles. The summed E-state index contributed by atoms with van der Waals surface area (Å²) >= 11 is 0. The van der Waals surface area contributed by atoms with E-state index < -0.39 is 11.7 Å². The minimum absolute atomic E-state index is 0.0221. The zero-order valence-corrected chi connectivity index (χ0v) is 18.7. The van der Waals surface area contributed by atoms with Crippen molar-refractivity contribution in [1.82, 2.24) is 25.0 Å². The molecule has 0 aliphatic carbocycles. The number of alkyl halides is 3. The molecule has 0 bridgehead atoms. The Hall–Kier alpha value is -3.20. The van der Waals surface area contributed by atoms with Crippen molar-refractivity contribution in [3.63, 3.8) is 0 Å². The Morgan fingerprint density at radius 2 is 1.94 bits per heavy atom. The van der Waals surface area contributed by atoms with Crippen LogP contribution in [0, 0.1) is 5.92 Å². The molecular weight excluding hydrogens is 431 g/mol. The van der Waals surface area contributed by atoms with Crippen molar-refractivity contribution in [1.29, 1.82) is 0 Å². The number of aromatic nitrogens is 3. The lowest BCUT2D eigenvalue weighted by Gasteiger charge is -2.27. The first-order valence-electron chi connectivity index (χ1n) is 10.8. The summed E-state index contributed by atoms with van der Waals surface area (Å²) in [5.74, 6) is 0.0338. The minimum atomic E-state index is -4.35. The van der Waals surface area contributed by atoms with Gasteiger partial charge in [-0.15, -0.1) is 0 Å². The fraction of sp³-hybridized carbons (Fsp3) is 0.375. The average molecular weight is 458 g/mol. The molecule has 9 heteroatoms. The van der Waals surface area contributed by atoms with Gasteiger partial charge in [-0.2, -0.15) is 18.3 Å². The van der Waals surface area contributed by atoms with E-state index in [0.717, 1.165) is 34.6 Å². The van der Waals surface area contributed by atoms with Gasteiger partial charge in [-0.05, 0) is 41.3 Å². The maximum absolute atomic E-state index is 12.9. The molecule has 1 amide bonds. The number of carbonyl (C=O) groups excluding carboxylic acids is 1. The summed E-state index contributed by atoms with van der Waals surface area (Å²) in [6.45, 7) is 5.63. The maximum Gasteiger partial charge on any atom is 0.416 e. The Morgan fingerprint density at radius 1 is 1.21 bits per heavy atom. The highest BCUT2D eigenvalue weighted by Crippen LogP contribution is 2.39. The SMILES string of the molecule is CC(C)[C@H]1c2ncc(C(=O)NCc3ccnn3C)cc2CN1Cc1ccc(C(F)(F)F)cc1. The van der Waals surface area contributed by atoms with E-state index in [9.17, 15) is 18.0 Å².